The van der Waals surface area contributed by atoms with Crippen molar-refractivity contribution in [1.29, 1.82) is 0 Å². The molecule has 0 aliphatic carbocycles. The molecule has 6 heteroatoms. The van der Waals surface area contributed by atoms with Gasteiger partial charge in [-0.1, -0.05) is 6.92 Å². The molecular formula is C10H19N3O2S. The molecule has 1 aromatic heterocycles. The fraction of sp³-hybridized carbons (Fsp3) is 0.700. The summed E-state index contributed by atoms with van der Waals surface area (Å²) < 4.78 is 26.3. The normalized spacial score (nSPS) is 12.6. The lowest BCUT2D eigenvalue weighted by Crippen LogP contribution is -2.30. The Morgan fingerprint density at radius 1 is 1.50 bits per heavy atom. The van der Waals surface area contributed by atoms with E-state index in [1.807, 2.05) is 31.5 Å². The lowest BCUT2D eigenvalue weighted by Gasteiger charge is -2.19. The predicted octanol–water partition coefficient (Wildman–Crippen LogP) is 1.25. The van der Waals surface area contributed by atoms with Crippen molar-refractivity contribution in [3.63, 3.8) is 0 Å². The van der Waals surface area contributed by atoms with Gasteiger partial charge in [-0.05, 0) is 13.8 Å². The van der Waals surface area contributed by atoms with E-state index in [2.05, 4.69) is 4.98 Å². The highest BCUT2D eigenvalue weighted by molar-refractivity contribution is 7.88. The van der Waals surface area contributed by atoms with Crippen LogP contribution in [-0.4, -0.2) is 35.1 Å². The first kappa shape index (κ1) is 13.2. The largest absolute Gasteiger partial charge is 0.331 e. The summed E-state index contributed by atoms with van der Waals surface area (Å²) >= 11 is 0. The third-order valence-electron chi connectivity index (χ3n) is 2.44. The van der Waals surface area contributed by atoms with Crippen LogP contribution in [0.15, 0.2) is 12.4 Å². The van der Waals surface area contributed by atoms with Crippen molar-refractivity contribution in [2.24, 2.45) is 0 Å². The predicted molar refractivity (Wildman–Crippen MR) is 63.5 cm³/mol. The number of rotatable bonds is 5. The molecule has 0 aromatic carbocycles. The average molecular weight is 245 g/mol. The molecule has 1 rings (SSSR count). The topological polar surface area (TPSA) is 55.2 Å². The zero-order valence-electron chi connectivity index (χ0n) is 10.2. The molecule has 0 radical (unpaired) electrons. The Hall–Kier alpha value is -0.880. The number of nitrogens with zero attached hydrogens (tertiary/aromatic N) is 3. The summed E-state index contributed by atoms with van der Waals surface area (Å²) in [5, 5.41) is 0. The molecule has 0 N–H and O–H groups in total. The van der Waals surface area contributed by atoms with E-state index in [0.717, 1.165) is 5.82 Å². The van der Waals surface area contributed by atoms with Crippen LogP contribution in [0.2, 0.25) is 0 Å². The van der Waals surface area contributed by atoms with E-state index in [0.29, 0.717) is 13.1 Å². The first-order chi connectivity index (χ1) is 7.36. The van der Waals surface area contributed by atoms with E-state index in [1.54, 1.807) is 6.20 Å². The summed E-state index contributed by atoms with van der Waals surface area (Å²) in [5.41, 5.74) is 0. The van der Waals surface area contributed by atoms with Crippen molar-refractivity contribution < 1.29 is 8.42 Å². The minimum atomic E-state index is -3.15. The molecule has 16 heavy (non-hydrogen) atoms. The smallest absolute Gasteiger partial charge is 0.211 e. The van der Waals surface area contributed by atoms with Gasteiger partial charge in [0.1, 0.15) is 5.82 Å². The maximum absolute atomic E-state index is 11.5. The number of hydrogen-bond acceptors (Lipinski definition) is 3. The zero-order valence-corrected chi connectivity index (χ0v) is 11.0. The van der Waals surface area contributed by atoms with Crippen LogP contribution in [0, 0.1) is 0 Å². The van der Waals surface area contributed by atoms with Gasteiger partial charge in [-0.25, -0.2) is 13.4 Å². The standard InChI is InChI=1S/C10H19N3O2S/c1-5-12(16(4,14)15)8-10-11-6-7-13(10)9(2)3/h6-7,9H,5,8H2,1-4H3. The molecule has 92 valence electrons. The van der Waals surface area contributed by atoms with Crippen LogP contribution >= 0.6 is 0 Å². The van der Waals surface area contributed by atoms with E-state index in [9.17, 15) is 8.42 Å². The second-order valence-corrected chi connectivity index (χ2v) is 6.02. The van der Waals surface area contributed by atoms with Crippen molar-refractivity contribution in [2.45, 2.75) is 33.4 Å². The molecule has 0 atom stereocenters. The fourth-order valence-corrected chi connectivity index (χ4v) is 2.38. The number of hydrogen-bond donors (Lipinski definition) is 0. The number of sulfonamides is 1. The van der Waals surface area contributed by atoms with Crippen molar-refractivity contribution in [2.75, 3.05) is 12.8 Å². The highest BCUT2D eigenvalue weighted by atomic mass is 32.2. The van der Waals surface area contributed by atoms with Gasteiger partial charge in [0.2, 0.25) is 10.0 Å². The summed E-state index contributed by atoms with van der Waals surface area (Å²) in [7, 11) is -3.15. The van der Waals surface area contributed by atoms with Gasteiger partial charge in [0.05, 0.1) is 12.8 Å². The molecule has 0 saturated carbocycles. The van der Waals surface area contributed by atoms with Gasteiger partial charge in [-0.2, -0.15) is 4.31 Å². The van der Waals surface area contributed by atoms with Gasteiger partial charge in [0.25, 0.3) is 0 Å². The molecule has 1 aromatic rings. The van der Waals surface area contributed by atoms with Gasteiger partial charge < -0.3 is 4.57 Å². The monoisotopic (exact) mass is 245 g/mol. The molecule has 0 aliphatic rings. The maximum Gasteiger partial charge on any atom is 0.211 e. The lowest BCUT2D eigenvalue weighted by molar-refractivity contribution is 0.403. The average Bonchev–Trinajstić information content (AvgIpc) is 2.59. The van der Waals surface area contributed by atoms with Crippen molar-refractivity contribution in [1.82, 2.24) is 13.9 Å². The van der Waals surface area contributed by atoms with Crippen molar-refractivity contribution in [3.05, 3.63) is 18.2 Å². The first-order valence-corrected chi connectivity index (χ1v) is 7.18. The minimum absolute atomic E-state index is 0.288. The van der Waals surface area contributed by atoms with E-state index in [1.165, 1.54) is 10.6 Å². The maximum atomic E-state index is 11.5. The number of imidazole rings is 1. The van der Waals surface area contributed by atoms with Crippen LogP contribution in [-0.2, 0) is 16.6 Å². The molecule has 0 unspecified atom stereocenters. The molecule has 0 spiro atoms. The van der Waals surface area contributed by atoms with E-state index in [4.69, 9.17) is 0 Å². The quantitative estimate of drug-likeness (QED) is 0.784. The molecule has 0 amide bonds. The van der Waals surface area contributed by atoms with Crippen LogP contribution in [0.5, 0.6) is 0 Å². The summed E-state index contributed by atoms with van der Waals surface area (Å²) in [5.74, 6) is 0.780. The van der Waals surface area contributed by atoms with Gasteiger partial charge in [0.15, 0.2) is 0 Å². The molecule has 0 saturated heterocycles. The SMILES string of the molecule is CCN(Cc1nccn1C(C)C)S(C)(=O)=O. The Kier molecular flexibility index (Phi) is 4.09. The summed E-state index contributed by atoms with van der Waals surface area (Å²) in [6.45, 7) is 6.71. The Bertz CT molecular complexity index is 437. The van der Waals surface area contributed by atoms with E-state index < -0.39 is 10.0 Å². The fourth-order valence-electron chi connectivity index (χ4n) is 1.56. The van der Waals surface area contributed by atoms with Gasteiger partial charge in [-0.3, -0.25) is 0 Å². The Morgan fingerprint density at radius 3 is 2.56 bits per heavy atom. The van der Waals surface area contributed by atoms with Gasteiger partial charge >= 0.3 is 0 Å². The third-order valence-corrected chi connectivity index (χ3v) is 3.77. The molecular weight excluding hydrogens is 226 g/mol. The first-order valence-electron chi connectivity index (χ1n) is 5.33. The summed E-state index contributed by atoms with van der Waals surface area (Å²) in [4.78, 5) is 4.20. The third kappa shape index (κ3) is 3.05. The Morgan fingerprint density at radius 2 is 2.12 bits per heavy atom. The Balaban J connectivity index is 2.91. The zero-order chi connectivity index (χ0) is 12.3. The van der Waals surface area contributed by atoms with Crippen molar-refractivity contribution in [3.8, 4) is 0 Å². The molecule has 0 fully saturated rings. The van der Waals surface area contributed by atoms with Crippen LogP contribution in [0.25, 0.3) is 0 Å². The molecule has 1 heterocycles. The van der Waals surface area contributed by atoms with Gasteiger partial charge in [0, 0.05) is 25.0 Å². The van der Waals surface area contributed by atoms with Crippen LogP contribution in [0.1, 0.15) is 32.6 Å². The van der Waals surface area contributed by atoms with Crippen LogP contribution in [0.3, 0.4) is 0 Å². The molecule has 5 nitrogen and oxygen atoms in total. The van der Waals surface area contributed by atoms with Crippen LogP contribution in [0.4, 0.5) is 0 Å². The van der Waals surface area contributed by atoms with Crippen molar-refractivity contribution >= 4 is 10.0 Å². The summed E-state index contributed by atoms with van der Waals surface area (Å²) in [6, 6.07) is 0.288. The van der Waals surface area contributed by atoms with E-state index >= 15 is 0 Å². The molecule has 0 aliphatic heterocycles. The van der Waals surface area contributed by atoms with Gasteiger partial charge in [-0.15, -0.1) is 0 Å². The Labute approximate surface area is 97.1 Å². The molecule has 0 bridgehead atoms. The number of aromatic nitrogens is 2. The van der Waals surface area contributed by atoms with E-state index in [-0.39, 0.29) is 6.04 Å². The summed E-state index contributed by atoms with van der Waals surface area (Å²) in [6.07, 6.45) is 4.79. The lowest BCUT2D eigenvalue weighted by atomic mass is 10.4. The second kappa shape index (κ2) is 4.97. The second-order valence-electron chi connectivity index (χ2n) is 4.03. The highest BCUT2D eigenvalue weighted by Crippen LogP contribution is 2.11. The van der Waals surface area contributed by atoms with Crippen LogP contribution < -0.4 is 0 Å². The minimum Gasteiger partial charge on any atom is -0.331 e. The highest BCUT2D eigenvalue weighted by Gasteiger charge is 2.17.